The van der Waals surface area contributed by atoms with Crippen molar-refractivity contribution in [1.29, 1.82) is 0 Å². The van der Waals surface area contributed by atoms with E-state index in [1.54, 1.807) is 38.1 Å². The maximum absolute atomic E-state index is 14.1. The van der Waals surface area contributed by atoms with E-state index in [0.717, 1.165) is 9.95 Å². The van der Waals surface area contributed by atoms with Crippen molar-refractivity contribution in [2.75, 3.05) is 6.61 Å². The van der Waals surface area contributed by atoms with Gasteiger partial charge in [0, 0.05) is 11.6 Å². The van der Waals surface area contributed by atoms with E-state index in [2.05, 4.69) is 26.0 Å². The van der Waals surface area contributed by atoms with Crippen molar-refractivity contribution in [2.45, 2.75) is 63.2 Å². The van der Waals surface area contributed by atoms with Crippen LogP contribution in [0.5, 0.6) is 5.75 Å². The summed E-state index contributed by atoms with van der Waals surface area (Å²) in [6, 6.07) is 11.3. The summed E-state index contributed by atoms with van der Waals surface area (Å²) >= 11 is 9.68. The summed E-state index contributed by atoms with van der Waals surface area (Å²) in [5.41, 5.74) is -1.46. The fourth-order valence-electron chi connectivity index (χ4n) is 4.28. The van der Waals surface area contributed by atoms with Crippen LogP contribution in [0.1, 0.15) is 33.9 Å². The number of hydrogen-bond donors (Lipinski definition) is 3. The Kier molecular flexibility index (Phi) is 9.49. The second-order valence-electron chi connectivity index (χ2n) is 9.96. The van der Waals surface area contributed by atoms with Crippen molar-refractivity contribution in [3.63, 3.8) is 0 Å². The van der Waals surface area contributed by atoms with E-state index in [9.17, 15) is 24.1 Å². The highest BCUT2D eigenvalue weighted by molar-refractivity contribution is 9.10. The van der Waals surface area contributed by atoms with Crippen LogP contribution in [-0.2, 0) is 23.4 Å². The zero-order valence-corrected chi connectivity index (χ0v) is 25.8. The van der Waals surface area contributed by atoms with Gasteiger partial charge in [0.2, 0.25) is 0 Å². The smallest absolute Gasteiger partial charge is 0.459 e. The standard InChI is InChI=1S/C26H30BrClN3O9P/c1-14(2)38-23(34)15(3)30-41(36,40-19-11-7-9-16-8-5-6-10-17(16)19)37-13-20-21(32)26(4,28)24(39-20)31-12-18(27)22(33)29-25(31)35/h5-12,14-15,20-21,24,32H,13H2,1-4H3,(H,30,36)(H,29,33,35)/t15-,20-,21-,24?,26-,41+/m1/s1. The number of nitrogens with zero attached hydrogens (tertiary/aromatic N) is 1. The Labute approximate surface area is 248 Å². The quantitative estimate of drug-likeness (QED) is 0.164. The molecule has 0 saturated carbocycles. The summed E-state index contributed by atoms with van der Waals surface area (Å²) in [6.07, 6.45) is -3.06. The Morgan fingerprint density at radius 2 is 1.93 bits per heavy atom. The van der Waals surface area contributed by atoms with Crippen LogP contribution in [-0.4, -0.2) is 56.5 Å². The van der Waals surface area contributed by atoms with E-state index >= 15 is 0 Å². The molecule has 4 rings (SSSR count). The molecule has 0 amide bonds. The van der Waals surface area contributed by atoms with Gasteiger partial charge in [0.05, 0.1) is 17.2 Å². The van der Waals surface area contributed by atoms with Crippen molar-refractivity contribution in [2.24, 2.45) is 0 Å². The lowest BCUT2D eigenvalue weighted by atomic mass is 10.0. The Morgan fingerprint density at radius 1 is 1.24 bits per heavy atom. The number of ether oxygens (including phenoxy) is 2. The summed E-state index contributed by atoms with van der Waals surface area (Å²) in [5, 5.41) is 15.1. The minimum atomic E-state index is -4.34. The van der Waals surface area contributed by atoms with Gasteiger partial charge in [-0.1, -0.05) is 36.4 Å². The molecular weight excluding hydrogens is 645 g/mol. The molecule has 3 aromatic rings. The average Bonchev–Trinajstić information content (AvgIpc) is 3.13. The lowest BCUT2D eigenvalue weighted by Crippen LogP contribution is -2.43. The molecule has 0 radical (unpaired) electrons. The molecule has 1 saturated heterocycles. The molecule has 2 heterocycles. The maximum atomic E-state index is 14.1. The van der Waals surface area contributed by atoms with E-state index < -0.39 is 67.0 Å². The molecule has 0 spiro atoms. The van der Waals surface area contributed by atoms with Gasteiger partial charge in [0.25, 0.3) is 5.56 Å². The monoisotopic (exact) mass is 673 g/mol. The Bertz CT molecular complexity index is 1590. The number of rotatable bonds is 10. The highest BCUT2D eigenvalue weighted by Crippen LogP contribution is 2.49. The minimum Gasteiger partial charge on any atom is -0.462 e. The molecule has 222 valence electrons. The third-order valence-corrected chi connectivity index (χ3v) is 8.93. The third kappa shape index (κ3) is 6.94. The van der Waals surface area contributed by atoms with Gasteiger partial charge in [0.1, 0.15) is 28.9 Å². The van der Waals surface area contributed by atoms with Crippen molar-refractivity contribution >= 4 is 52.0 Å². The van der Waals surface area contributed by atoms with Crippen LogP contribution in [0, 0.1) is 0 Å². The summed E-state index contributed by atoms with van der Waals surface area (Å²) in [7, 11) is -4.34. The number of hydrogen-bond acceptors (Lipinski definition) is 9. The number of aromatic amines is 1. The summed E-state index contributed by atoms with van der Waals surface area (Å²) in [4.78, 5) is 37.4. The molecule has 6 atom stereocenters. The number of H-pyrrole nitrogens is 1. The molecule has 1 unspecified atom stereocenters. The molecule has 1 aliphatic heterocycles. The number of alkyl halides is 1. The number of fused-ring (bicyclic) bond motifs is 1. The number of aliphatic hydroxyl groups is 1. The highest BCUT2D eigenvalue weighted by atomic mass is 79.9. The predicted molar refractivity (Wildman–Crippen MR) is 155 cm³/mol. The van der Waals surface area contributed by atoms with Crippen LogP contribution in [0.2, 0.25) is 0 Å². The van der Waals surface area contributed by atoms with Gasteiger partial charge in [-0.2, -0.15) is 5.09 Å². The van der Waals surface area contributed by atoms with Gasteiger partial charge in [0.15, 0.2) is 6.23 Å². The van der Waals surface area contributed by atoms with E-state index in [1.807, 2.05) is 18.2 Å². The number of carbonyl (C=O) groups excluding carboxylic acids is 1. The first kappa shape index (κ1) is 31.4. The van der Waals surface area contributed by atoms with E-state index in [-0.39, 0.29) is 10.2 Å². The molecule has 12 nitrogen and oxygen atoms in total. The number of benzene rings is 2. The first-order chi connectivity index (χ1) is 19.2. The number of esters is 1. The molecule has 1 aromatic heterocycles. The lowest BCUT2D eigenvalue weighted by molar-refractivity contribution is -0.149. The van der Waals surface area contributed by atoms with Crippen LogP contribution in [0.25, 0.3) is 10.8 Å². The average molecular weight is 675 g/mol. The Morgan fingerprint density at radius 3 is 2.63 bits per heavy atom. The van der Waals surface area contributed by atoms with Crippen molar-refractivity contribution in [3.8, 4) is 5.75 Å². The topological polar surface area (TPSA) is 158 Å². The van der Waals surface area contributed by atoms with E-state index in [0.29, 0.717) is 5.39 Å². The fraction of sp³-hybridized carbons (Fsp3) is 0.423. The van der Waals surface area contributed by atoms with Gasteiger partial charge >= 0.3 is 19.4 Å². The lowest BCUT2D eigenvalue weighted by Gasteiger charge is -2.27. The number of halogens is 2. The normalized spacial score (nSPS) is 24.7. The molecule has 1 fully saturated rings. The number of aromatic nitrogens is 2. The first-order valence-corrected chi connectivity index (χ1v) is 15.4. The zero-order chi connectivity index (χ0) is 30.1. The summed E-state index contributed by atoms with van der Waals surface area (Å²) < 4.78 is 37.9. The molecule has 15 heteroatoms. The van der Waals surface area contributed by atoms with E-state index in [1.165, 1.54) is 20.0 Å². The highest BCUT2D eigenvalue weighted by Gasteiger charge is 2.54. The van der Waals surface area contributed by atoms with Crippen LogP contribution in [0.4, 0.5) is 0 Å². The molecule has 0 bridgehead atoms. The summed E-state index contributed by atoms with van der Waals surface area (Å²) in [5.74, 6) is -0.458. The second kappa shape index (κ2) is 12.4. The predicted octanol–water partition coefficient (Wildman–Crippen LogP) is 3.84. The minimum absolute atomic E-state index is 0.0433. The second-order valence-corrected chi connectivity index (χ2v) is 13.3. The van der Waals surface area contributed by atoms with Crippen LogP contribution >= 0.6 is 35.3 Å². The van der Waals surface area contributed by atoms with Crippen LogP contribution in [0.15, 0.2) is 62.7 Å². The molecule has 2 aromatic carbocycles. The summed E-state index contributed by atoms with van der Waals surface area (Å²) in [6.45, 7) is 5.74. The van der Waals surface area contributed by atoms with Crippen molar-refractivity contribution in [1.82, 2.24) is 14.6 Å². The van der Waals surface area contributed by atoms with Gasteiger partial charge in [-0.25, -0.2) is 9.36 Å². The number of aliphatic hydroxyl groups excluding tert-OH is 1. The zero-order valence-electron chi connectivity index (χ0n) is 22.6. The number of nitrogens with one attached hydrogen (secondary N) is 2. The SMILES string of the molecule is CC(C)OC(=O)[C@@H](C)N[P@](=O)(OC[C@H]1OC(n2cc(Br)c(=O)[nH]c2=O)[C@](C)(Cl)[C@@H]1O)Oc1cccc2ccccc12. The maximum Gasteiger partial charge on any atom is 0.459 e. The van der Waals surface area contributed by atoms with E-state index in [4.69, 9.17) is 30.1 Å². The van der Waals surface area contributed by atoms with Gasteiger partial charge in [-0.3, -0.25) is 23.7 Å². The molecule has 0 aliphatic carbocycles. The largest absolute Gasteiger partial charge is 0.462 e. The van der Waals surface area contributed by atoms with Gasteiger partial charge in [-0.05, 0) is 55.1 Å². The van der Waals surface area contributed by atoms with Gasteiger partial charge in [-0.15, -0.1) is 11.6 Å². The third-order valence-electron chi connectivity index (χ3n) is 6.33. The Balaban J connectivity index is 1.61. The molecule has 3 N–H and O–H groups in total. The fourth-order valence-corrected chi connectivity index (χ4v) is 6.41. The van der Waals surface area contributed by atoms with Crippen LogP contribution < -0.4 is 20.9 Å². The molecule has 41 heavy (non-hydrogen) atoms. The van der Waals surface area contributed by atoms with Crippen molar-refractivity contribution in [3.05, 3.63) is 74.0 Å². The first-order valence-electron chi connectivity index (χ1n) is 12.7. The molecule has 1 aliphatic rings. The Hall–Kier alpha value is -2.51. The van der Waals surface area contributed by atoms with Crippen LogP contribution in [0.3, 0.4) is 0 Å². The molecular formula is C26H30BrClN3O9P. The number of carbonyl (C=O) groups is 1. The van der Waals surface area contributed by atoms with Gasteiger partial charge < -0.3 is 19.1 Å². The van der Waals surface area contributed by atoms with Crippen molar-refractivity contribution < 1.29 is 33.0 Å².